The fourth-order valence-electron chi connectivity index (χ4n) is 2.26. The van der Waals surface area contributed by atoms with Gasteiger partial charge in [-0.25, -0.2) is 4.39 Å². The summed E-state index contributed by atoms with van der Waals surface area (Å²) >= 11 is 9.57. The van der Waals surface area contributed by atoms with Crippen molar-refractivity contribution >= 4 is 33.2 Å². The van der Waals surface area contributed by atoms with E-state index in [0.717, 1.165) is 29.8 Å². The maximum atomic E-state index is 13.2. The van der Waals surface area contributed by atoms with Crippen molar-refractivity contribution in [2.24, 2.45) is 5.92 Å². The van der Waals surface area contributed by atoms with E-state index in [9.17, 15) is 4.39 Å². The van der Waals surface area contributed by atoms with Crippen LogP contribution in [0.25, 0.3) is 0 Å². The Bertz CT molecular complexity index is 416. The Balaban J connectivity index is 2.26. The van der Waals surface area contributed by atoms with Crippen LogP contribution in [0.4, 0.5) is 10.1 Å². The standard InChI is InChI=1S/C13H17BrClFN2/c1-8(2)12-7-18(4-3-17-12)13-10(14)5-9(16)6-11(13)15/h5-6,8,12,17H,3-4,7H2,1-2H3. The van der Waals surface area contributed by atoms with Crippen LogP contribution < -0.4 is 10.2 Å². The number of nitrogens with zero attached hydrogens (tertiary/aromatic N) is 1. The van der Waals surface area contributed by atoms with Crippen LogP contribution in [-0.4, -0.2) is 25.7 Å². The Kier molecular flexibility index (Phi) is 4.51. The van der Waals surface area contributed by atoms with Crippen molar-refractivity contribution in [3.63, 3.8) is 0 Å². The second kappa shape index (κ2) is 5.76. The zero-order chi connectivity index (χ0) is 13.3. The highest BCUT2D eigenvalue weighted by Crippen LogP contribution is 2.35. The summed E-state index contributed by atoms with van der Waals surface area (Å²) in [5.41, 5.74) is 0.894. The van der Waals surface area contributed by atoms with E-state index >= 15 is 0 Å². The number of hydrogen-bond acceptors (Lipinski definition) is 2. The van der Waals surface area contributed by atoms with E-state index in [0.29, 0.717) is 17.0 Å². The summed E-state index contributed by atoms with van der Waals surface area (Å²) in [6.07, 6.45) is 0. The van der Waals surface area contributed by atoms with Crippen LogP contribution in [0, 0.1) is 11.7 Å². The summed E-state index contributed by atoms with van der Waals surface area (Å²) in [5, 5.41) is 3.96. The Morgan fingerprint density at radius 1 is 1.50 bits per heavy atom. The SMILES string of the molecule is CC(C)C1CN(c2c(Cl)cc(F)cc2Br)CCN1. The molecule has 1 aliphatic rings. The molecular formula is C13H17BrClFN2. The number of rotatable bonds is 2. The van der Waals surface area contributed by atoms with Crippen LogP contribution >= 0.6 is 27.5 Å². The topological polar surface area (TPSA) is 15.3 Å². The van der Waals surface area contributed by atoms with E-state index < -0.39 is 0 Å². The molecule has 100 valence electrons. The maximum Gasteiger partial charge on any atom is 0.125 e. The van der Waals surface area contributed by atoms with Crippen LogP contribution in [0.1, 0.15) is 13.8 Å². The van der Waals surface area contributed by atoms with Gasteiger partial charge < -0.3 is 10.2 Å². The Morgan fingerprint density at radius 2 is 2.22 bits per heavy atom. The van der Waals surface area contributed by atoms with Crippen molar-refractivity contribution < 1.29 is 4.39 Å². The molecule has 1 aromatic rings. The van der Waals surface area contributed by atoms with E-state index in [-0.39, 0.29) is 5.82 Å². The molecule has 0 aromatic heterocycles. The van der Waals surface area contributed by atoms with Gasteiger partial charge in [-0.05, 0) is 34.0 Å². The van der Waals surface area contributed by atoms with Crippen LogP contribution in [0.3, 0.4) is 0 Å². The molecule has 1 aliphatic heterocycles. The minimum atomic E-state index is -0.314. The van der Waals surface area contributed by atoms with Crippen molar-refractivity contribution in [2.75, 3.05) is 24.5 Å². The van der Waals surface area contributed by atoms with Gasteiger partial charge in [-0.2, -0.15) is 0 Å². The van der Waals surface area contributed by atoms with Gasteiger partial charge in [0.1, 0.15) is 5.82 Å². The second-order valence-electron chi connectivity index (χ2n) is 4.97. The quantitative estimate of drug-likeness (QED) is 0.887. The lowest BCUT2D eigenvalue weighted by Crippen LogP contribution is -2.53. The van der Waals surface area contributed by atoms with Gasteiger partial charge >= 0.3 is 0 Å². The number of halogens is 3. The zero-order valence-electron chi connectivity index (χ0n) is 10.5. The van der Waals surface area contributed by atoms with Gasteiger partial charge in [-0.1, -0.05) is 25.4 Å². The maximum absolute atomic E-state index is 13.2. The van der Waals surface area contributed by atoms with E-state index in [1.165, 1.54) is 12.1 Å². The summed E-state index contributed by atoms with van der Waals surface area (Å²) in [6.45, 7) is 7.09. The van der Waals surface area contributed by atoms with Gasteiger partial charge in [0, 0.05) is 30.1 Å². The van der Waals surface area contributed by atoms with Crippen molar-refractivity contribution in [1.82, 2.24) is 5.32 Å². The van der Waals surface area contributed by atoms with Gasteiger partial charge in [0.2, 0.25) is 0 Å². The fraction of sp³-hybridized carbons (Fsp3) is 0.538. The number of benzene rings is 1. The fourth-order valence-corrected chi connectivity index (χ4v) is 3.39. The molecule has 1 N–H and O–H groups in total. The average molecular weight is 336 g/mol. The van der Waals surface area contributed by atoms with E-state index in [1.54, 1.807) is 0 Å². The number of hydrogen-bond donors (Lipinski definition) is 1. The summed E-state index contributed by atoms with van der Waals surface area (Å²) in [6, 6.07) is 3.27. The Morgan fingerprint density at radius 3 is 2.83 bits per heavy atom. The molecule has 0 bridgehead atoms. The molecule has 0 saturated carbocycles. The van der Waals surface area contributed by atoms with E-state index in [1.807, 2.05) is 0 Å². The first kappa shape index (κ1) is 14.1. The van der Waals surface area contributed by atoms with Gasteiger partial charge in [0.25, 0.3) is 0 Å². The highest BCUT2D eigenvalue weighted by molar-refractivity contribution is 9.10. The lowest BCUT2D eigenvalue weighted by atomic mass is 10.0. The molecule has 2 rings (SSSR count). The molecule has 0 spiro atoms. The molecule has 1 aromatic carbocycles. The smallest absolute Gasteiger partial charge is 0.125 e. The van der Waals surface area contributed by atoms with Gasteiger partial charge in [-0.3, -0.25) is 0 Å². The highest BCUT2D eigenvalue weighted by Gasteiger charge is 2.24. The van der Waals surface area contributed by atoms with Crippen LogP contribution in [0.5, 0.6) is 0 Å². The summed E-state index contributed by atoms with van der Waals surface area (Å²) < 4.78 is 14.0. The predicted molar refractivity (Wildman–Crippen MR) is 78.0 cm³/mol. The first-order valence-corrected chi connectivity index (χ1v) is 7.29. The Hall–Kier alpha value is -0.320. The lowest BCUT2D eigenvalue weighted by Gasteiger charge is -2.38. The van der Waals surface area contributed by atoms with Crippen molar-refractivity contribution in [2.45, 2.75) is 19.9 Å². The zero-order valence-corrected chi connectivity index (χ0v) is 12.9. The molecule has 1 atom stereocenters. The summed E-state index contributed by atoms with van der Waals surface area (Å²) in [4.78, 5) is 2.22. The monoisotopic (exact) mass is 334 g/mol. The molecule has 2 nitrogen and oxygen atoms in total. The van der Waals surface area contributed by atoms with Crippen LogP contribution in [0.15, 0.2) is 16.6 Å². The molecule has 0 aliphatic carbocycles. The number of anilines is 1. The molecule has 1 heterocycles. The lowest BCUT2D eigenvalue weighted by molar-refractivity contribution is 0.368. The third kappa shape index (κ3) is 2.98. The van der Waals surface area contributed by atoms with Crippen LogP contribution in [-0.2, 0) is 0 Å². The van der Waals surface area contributed by atoms with Crippen molar-refractivity contribution in [3.05, 3.63) is 27.4 Å². The van der Waals surface area contributed by atoms with E-state index in [2.05, 4.69) is 40.0 Å². The third-order valence-electron chi connectivity index (χ3n) is 3.31. The van der Waals surface area contributed by atoms with Crippen LogP contribution in [0.2, 0.25) is 5.02 Å². The van der Waals surface area contributed by atoms with Gasteiger partial charge in [0.05, 0.1) is 10.7 Å². The molecule has 0 amide bonds. The molecular weight excluding hydrogens is 319 g/mol. The Labute approximate surface area is 121 Å². The molecule has 5 heteroatoms. The minimum absolute atomic E-state index is 0.314. The molecule has 1 fully saturated rings. The first-order chi connectivity index (χ1) is 8.49. The van der Waals surface area contributed by atoms with E-state index in [4.69, 9.17) is 11.6 Å². The molecule has 18 heavy (non-hydrogen) atoms. The third-order valence-corrected chi connectivity index (χ3v) is 4.20. The summed E-state index contributed by atoms with van der Waals surface area (Å²) in [5.74, 6) is 0.247. The molecule has 1 saturated heterocycles. The highest BCUT2D eigenvalue weighted by atomic mass is 79.9. The minimum Gasteiger partial charge on any atom is -0.367 e. The van der Waals surface area contributed by atoms with Crippen molar-refractivity contribution in [1.29, 1.82) is 0 Å². The first-order valence-electron chi connectivity index (χ1n) is 6.12. The van der Waals surface area contributed by atoms with Crippen molar-refractivity contribution in [3.8, 4) is 0 Å². The largest absolute Gasteiger partial charge is 0.367 e. The predicted octanol–water partition coefficient (Wildman–Crippen LogP) is 3.68. The number of nitrogens with one attached hydrogen (secondary N) is 1. The second-order valence-corrected chi connectivity index (χ2v) is 6.23. The average Bonchev–Trinajstić information content (AvgIpc) is 2.28. The molecule has 0 radical (unpaired) electrons. The summed E-state index contributed by atoms with van der Waals surface area (Å²) in [7, 11) is 0. The molecule has 1 unspecified atom stereocenters. The van der Waals surface area contributed by atoms with Gasteiger partial charge in [0.15, 0.2) is 0 Å². The number of piperazine rings is 1. The van der Waals surface area contributed by atoms with Gasteiger partial charge in [-0.15, -0.1) is 0 Å². The normalized spacial score (nSPS) is 20.6.